The molecule has 0 spiro atoms. The lowest BCUT2D eigenvalue weighted by molar-refractivity contribution is 0.971. The summed E-state index contributed by atoms with van der Waals surface area (Å²) in [6, 6.07) is 104. The lowest BCUT2D eigenvalue weighted by Crippen LogP contribution is -2.20. The van der Waals surface area contributed by atoms with Crippen LogP contribution in [0.2, 0.25) is 0 Å². The van der Waals surface area contributed by atoms with Crippen LogP contribution in [0.5, 0.6) is 0 Å². The Kier molecular flexibility index (Phi) is 10.2. The average Bonchev–Trinajstić information content (AvgIpc) is 1.46. The van der Waals surface area contributed by atoms with Gasteiger partial charge in [0.25, 0.3) is 0 Å². The summed E-state index contributed by atoms with van der Waals surface area (Å²) in [7, 11) is 0. The largest absolute Gasteiger partial charge is 0.305 e. The molecule has 6 aromatic heterocycles. The van der Waals surface area contributed by atoms with Gasteiger partial charge in [-0.2, -0.15) is 15.8 Å². The summed E-state index contributed by atoms with van der Waals surface area (Å²) in [5.41, 5.74) is 18.4. The number of hydrogen-bond acceptors (Lipinski definition) is 3. The SMILES string of the molecule is N#Cc1ccc2c(c1)c1ccccc1n2-c1c(-n2c3ccccc3c3ccccc32)c(-n2c3ccccc3c3cc(C#N)ccc32)c(-n2c3ccccc3c3ccccc32)c(-n2c3ccccc3c3cc(C#N)ccc32)c1-n1c2ccccc2c2ccccc21. The molecule has 0 aliphatic rings. The van der Waals surface area contributed by atoms with Crippen LogP contribution in [0.3, 0.4) is 0 Å². The third-order valence-corrected chi connectivity index (χ3v) is 18.8. The normalized spacial score (nSPS) is 12.0. The van der Waals surface area contributed by atoms with Gasteiger partial charge < -0.3 is 27.4 Å². The first kappa shape index (κ1) is 49.4. The van der Waals surface area contributed by atoms with Crippen LogP contribution in [-0.4, -0.2) is 27.4 Å². The van der Waals surface area contributed by atoms with Crippen molar-refractivity contribution < 1.29 is 0 Å². The Bertz CT molecular complexity index is 5720. The van der Waals surface area contributed by atoms with E-state index in [4.69, 9.17) is 0 Å². The fourth-order valence-electron chi connectivity index (χ4n) is 15.3. The Hall–Kier alpha value is -12.9. The first-order valence-corrected chi connectivity index (χ1v) is 30.1. The maximum absolute atomic E-state index is 10.8. The number of hydrogen-bond donors (Lipinski definition) is 0. The highest BCUT2D eigenvalue weighted by Crippen LogP contribution is 2.54. The van der Waals surface area contributed by atoms with Crippen LogP contribution >= 0.6 is 0 Å². The summed E-state index contributed by atoms with van der Waals surface area (Å²) in [6.07, 6.45) is 0. The van der Waals surface area contributed by atoms with Crippen LogP contribution in [-0.2, 0) is 0 Å². The van der Waals surface area contributed by atoms with Gasteiger partial charge in [-0.1, -0.05) is 164 Å². The van der Waals surface area contributed by atoms with Crippen LogP contribution in [0.15, 0.2) is 273 Å². The summed E-state index contributed by atoms with van der Waals surface area (Å²) in [5.74, 6) is 0. The number of nitriles is 3. The van der Waals surface area contributed by atoms with Crippen molar-refractivity contribution in [2.75, 3.05) is 0 Å². The van der Waals surface area contributed by atoms with Gasteiger partial charge in [0.15, 0.2) is 0 Å². The molecule has 0 radical (unpaired) electrons. The van der Waals surface area contributed by atoms with E-state index in [1.165, 1.54) is 0 Å². The van der Waals surface area contributed by atoms with Crippen molar-refractivity contribution in [3.05, 3.63) is 290 Å². The average molecular weight is 1140 g/mol. The van der Waals surface area contributed by atoms with Gasteiger partial charge in [-0.05, 0) is 109 Å². The van der Waals surface area contributed by atoms with Crippen molar-refractivity contribution in [1.82, 2.24) is 27.4 Å². The Labute approximate surface area is 513 Å². The zero-order valence-electron chi connectivity index (χ0n) is 48.0. The molecule has 9 heteroatoms. The molecule has 0 amide bonds. The fraction of sp³-hybridized carbons (Fsp3) is 0. The van der Waals surface area contributed by atoms with Gasteiger partial charge in [-0.25, -0.2) is 0 Å². The molecule has 90 heavy (non-hydrogen) atoms. The maximum atomic E-state index is 10.8. The number of benzene rings is 13. The van der Waals surface area contributed by atoms with E-state index < -0.39 is 0 Å². The standard InChI is InChI=1S/C81H45N9/c82-46-49-37-40-73-61(43-49)58-25-7-16-34-70(58)88(73)79-76(85-64-28-10-1-19-52(64)53-20-2-11-29-65(53)85)80(89-71-35-17-8-26-59(71)62-44-50(47-83)38-41-74(62)89)78(87-68-32-14-5-23-56(68)57-24-6-15-33-69(57)87)81(77(79)86-66-30-12-3-21-54(66)55-22-4-13-31-67(55)86)90-72-36-18-9-27-60(72)63-45-51(48-84)39-42-75(63)90/h1-45H. The van der Waals surface area contributed by atoms with Crippen LogP contribution in [0.25, 0.3) is 165 Å². The second-order valence-corrected chi connectivity index (χ2v) is 23.3. The van der Waals surface area contributed by atoms with Gasteiger partial charge in [0.2, 0.25) is 0 Å². The number of rotatable bonds is 6. The smallest absolute Gasteiger partial charge is 0.0992 e. The summed E-state index contributed by atoms with van der Waals surface area (Å²) in [5, 5.41) is 44.7. The summed E-state index contributed by atoms with van der Waals surface area (Å²) in [4.78, 5) is 0. The molecule has 0 fully saturated rings. The van der Waals surface area contributed by atoms with E-state index in [0.717, 1.165) is 165 Å². The minimum absolute atomic E-state index is 0.558. The molecule has 13 aromatic carbocycles. The molecule has 0 saturated carbocycles. The number of aromatic nitrogens is 6. The van der Waals surface area contributed by atoms with Crippen molar-refractivity contribution in [3.8, 4) is 52.3 Å². The number of nitrogens with zero attached hydrogens (tertiary/aromatic N) is 9. The van der Waals surface area contributed by atoms with Gasteiger partial charge in [0.1, 0.15) is 0 Å². The Morgan fingerprint density at radius 3 is 0.478 bits per heavy atom. The van der Waals surface area contributed by atoms with E-state index in [2.05, 4.69) is 282 Å². The summed E-state index contributed by atoms with van der Waals surface area (Å²) < 4.78 is 15.0. The Morgan fingerprint density at radius 2 is 0.311 bits per heavy atom. The Morgan fingerprint density at radius 1 is 0.167 bits per heavy atom. The van der Waals surface area contributed by atoms with E-state index in [9.17, 15) is 15.8 Å². The second kappa shape index (κ2) is 18.6. The van der Waals surface area contributed by atoms with Crippen LogP contribution in [0, 0.1) is 34.0 Å². The fourth-order valence-corrected chi connectivity index (χ4v) is 15.3. The molecule has 0 aliphatic carbocycles. The van der Waals surface area contributed by atoms with Crippen LogP contribution in [0.1, 0.15) is 16.7 Å². The van der Waals surface area contributed by atoms with Crippen LogP contribution < -0.4 is 0 Å². The predicted octanol–water partition coefficient (Wildman–Crippen LogP) is 19.9. The highest BCUT2D eigenvalue weighted by atomic mass is 15.2. The molecule has 0 bridgehead atoms. The molecule has 9 nitrogen and oxygen atoms in total. The first-order chi connectivity index (χ1) is 44.6. The van der Waals surface area contributed by atoms with E-state index in [-0.39, 0.29) is 0 Å². The van der Waals surface area contributed by atoms with Crippen molar-refractivity contribution in [3.63, 3.8) is 0 Å². The lowest BCUT2D eigenvalue weighted by Gasteiger charge is -2.32. The van der Waals surface area contributed by atoms with Crippen LogP contribution in [0.4, 0.5) is 0 Å². The molecule has 0 atom stereocenters. The van der Waals surface area contributed by atoms with Crippen molar-refractivity contribution in [1.29, 1.82) is 15.8 Å². The molecule has 19 rings (SSSR count). The molecule has 0 saturated heterocycles. The lowest BCUT2D eigenvalue weighted by atomic mass is 10.0. The molecule has 19 aromatic rings. The minimum Gasteiger partial charge on any atom is -0.305 e. The van der Waals surface area contributed by atoms with Crippen molar-refractivity contribution in [2.45, 2.75) is 0 Å². The molecule has 414 valence electrons. The quantitative estimate of drug-likeness (QED) is 0.166. The third kappa shape index (κ3) is 6.55. The molecule has 0 unspecified atom stereocenters. The highest BCUT2D eigenvalue weighted by Gasteiger charge is 2.38. The maximum Gasteiger partial charge on any atom is 0.0992 e. The number of fused-ring (bicyclic) bond motifs is 18. The summed E-state index contributed by atoms with van der Waals surface area (Å²) >= 11 is 0. The minimum atomic E-state index is 0.558. The van der Waals surface area contributed by atoms with Gasteiger partial charge >= 0.3 is 0 Å². The molecule has 0 aliphatic heterocycles. The molecular weight excluding hydrogens is 1100 g/mol. The Balaban J connectivity index is 1.25. The van der Waals surface area contributed by atoms with E-state index in [1.54, 1.807) is 0 Å². The zero-order valence-corrected chi connectivity index (χ0v) is 48.0. The molecule has 6 heterocycles. The van der Waals surface area contributed by atoms with Gasteiger partial charge in [-0.15, -0.1) is 0 Å². The molecule has 0 N–H and O–H groups in total. The third-order valence-electron chi connectivity index (χ3n) is 18.8. The van der Waals surface area contributed by atoms with E-state index in [1.807, 2.05) is 36.4 Å². The monoisotopic (exact) mass is 1140 g/mol. The highest BCUT2D eigenvalue weighted by molar-refractivity contribution is 6.20. The first-order valence-electron chi connectivity index (χ1n) is 30.1. The van der Waals surface area contributed by atoms with Crippen molar-refractivity contribution in [2.24, 2.45) is 0 Å². The van der Waals surface area contributed by atoms with Gasteiger partial charge in [0.05, 0.1) is 135 Å². The van der Waals surface area contributed by atoms with E-state index >= 15 is 0 Å². The van der Waals surface area contributed by atoms with E-state index in [0.29, 0.717) is 16.7 Å². The van der Waals surface area contributed by atoms with Gasteiger partial charge in [0, 0.05) is 64.6 Å². The van der Waals surface area contributed by atoms with Crippen molar-refractivity contribution >= 4 is 131 Å². The topological polar surface area (TPSA) is 101 Å². The second-order valence-electron chi connectivity index (χ2n) is 23.3. The summed E-state index contributed by atoms with van der Waals surface area (Å²) in [6.45, 7) is 0. The molecular formula is C81H45N9. The van der Waals surface area contributed by atoms with Gasteiger partial charge in [-0.3, -0.25) is 0 Å². The number of para-hydroxylation sites is 9. The zero-order chi connectivity index (χ0) is 59.5. The predicted molar refractivity (Wildman–Crippen MR) is 367 cm³/mol.